The Labute approximate surface area is 192 Å². The van der Waals surface area contributed by atoms with Crippen molar-refractivity contribution in [2.45, 2.75) is 39.3 Å². The molecular weight excluding hydrogens is 439 g/mol. The summed E-state index contributed by atoms with van der Waals surface area (Å²) in [4.78, 5) is 18.7. The van der Waals surface area contributed by atoms with Gasteiger partial charge in [0.05, 0.1) is 29.3 Å². The van der Waals surface area contributed by atoms with Crippen LogP contribution in [0.2, 0.25) is 5.02 Å². The number of anilines is 2. The fourth-order valence-electron chi connectivity index (χ4n) is 3.57. The maximum Gasteiger partial charge on any atom is 0.246 e. The largest absolute Gasteiger partial charge is 0.361 e. The second-order valence-corrected chi connectivity index (χ2v) is 7.99. The zero-order valence-electron chi connectivity index (χ0n) is 17.5. The Hall–Kier alpha value is -2.65. The molecule has 1 amide bonds. The fourth-order valence-corrected chi connectivity index (χ4v) is 3.81. The number of rotatable bonds is 5. The van der Waals surface area contributed by atoms with Gasteiger partial charge in [0.25, 0.3) is 0 Å². The fraction of sp³-hybridized carbons (Fsp3) is 0.333. The van der Waals surface area contributed by atoms with Gasteiger partial charge in [0.1, 0.15) is 11.9 Å². The lowest BCUT2D eigenvalue weighted by atomic mass is 10.1. The molecule has 0 bridgehead atoms. The van der Waals surface area contributed by atoms with Gasteiger partial charge >= 0.3 is 0 Å². The van der Waals surface area contributed by atoms with E-state index < -0.39 is 0 Å². The molecule has 7 nitrogen and oxygen atoms in total. The SMILES string of the molecule is Cc1nc(CCc2cn(Cc3cc(F)cc(Cl)c3)nn2)cc2c1NC(=O)[C@H](C)N2C.S. The smallest absolute Gasteiger partial charge is 0.246 e. The van der Waals surface area contributed by atoms with Gasteiger partial charge in [-0.1, -0.05) is 16.8 Å². The maximum atomic E-state index is 13.5. The number of aryl methyl sites for hydroxylation is 3. The van der Waals surface area contributed by atoms with Gasteiger partial charge in [0.15, 0.2) is 0 Å². The molecule has 3 heterocycles. The average molecular weight is 463 g/mol. The minimum atomic E-state index is -0.373. The van der Waals surface area contributed by atoms with Gasteiger partial charge in [-0.05, 0) is 56.5 Å². The van der Waals surface area contributed by atoms with Gasteiger partial charge in [-0.3, -0.25) is 9.78 Å². The quantitative estimate of drug-likeness (QED) is 0.628. The number of fused-ring (bicyclic) bond motifs is 1. The first-order valence-electron chi connectivity index (χ1n) is 9.68. The van der Waals surface area contributed by atoms with E-state index in [0.29, 0.717) is 24.4 Å². The number of benzene rings is 1. The number of likely N-dealkylation sites (N-methyl/N-ethyl adjacent to an activating group) is 1. The monoisotopic (exact) mass is 462 g/mol. The van der Waals surface area contributed by atoms with Gasteiger partial charge in [0, 0.05) is 24.0 Å². The summed E-state index contributed by atoms with van der Waals surface area (Å²) in [6.07, 6.45) is 3.20. The highest BCUT2D eigenvalue weighted by Crippen LogP contribution is 2.33. The van der Waals surface area contributed by atoms with Gasteiger partial charge in [0.2, 0.25) is 5.91 Å². The molecule has 0 unspecified atom stereocenters. The molecule has 3 aromatic rings. The molecule has 0 saturated heterocycles. The van der Waals surface area contributed by atoms with E-state index in [9.17, 15) is 9.18 Å². The van der Waals surface area contributed by atoms with Crippen LogP contribution in [-0.2, 0) is 24.2 Å². The topological polar surface area (TPSA) is 75.9 Å². The van der Waals surface area contributed by atoms with E-state index in [1.807, 2.05) is 38.1 Å². The molecule has 31 heavy (non-hydrogen) atoms. The molecule has 1 aromatic carbocycles. The molecule has 0 aliphatic carbocycles. The van der Waals surface area contributed by atoms with Crippen LogP contribution in [0.4, 0.5) is 15.8 Å². The van der Waals surface area contributed by atoms with Crippen LogP contribution < -0.4 is 10.2 Å². The first-order chi connectivity index (χ1) is 14.3. The third-order valence-electron chi connectivity index (χ3n) is 5.31. The Morgan fingerprint density at radius 2 is 1.94 bits per heavy atom. The summed E-state index contributed by atoms with van der Waals surface area (Å²) in [5, 5.41) is 11.6. The van der Waals surface area contributed by atoms with Crippen LogP contribution in [0.1, 0.15) is 29.6 Å². The zero-order valence-corrected chi connectivity index (χ0v) is 19.2. The minimum Gasteiger partial charge on any atom is -0.361 e. The number of carbonyl (C=O) groups is 1. The van der Waals surface area contributed by atoms with E-state index >= 15 is 0 Å². The van der Waals surface area contributed by atoms with Crippen molar-refractivity contribution in [2.75, 3.05) is 17.3 Å². The molecule has 0 fully saturated rings. The Balaban J connectivity index is 0.00000272. The predicted molar refractivity (Wildman–Crippen MR) is 124 cm³/mol. The molecule has 164 valence electrons. The number of nitrogens with zero attached hydrogens (tertiary/aromatic N) is 5. The van der Waals surface area contributed by atoms with Gasteiger partial charge in [-0.25, -0.2) is 9.07 Å². The van der Waals surface area contributed by atoms with Crippen molar-refractivity contribution in [3.8, 4) is 0 Å². The molecule has 0 spiro atoms. The number of hydrogen-bond acceptors (Lipinski definition) is 5. The molecule has 0 radical (unpaired) electrons. The third kappa shape index (κ3) is 4.99. The Bertz CT molecular complexity index is 1100. The molecule has 1 aliphatic rings. The number of aromatic nitrogens is 4. The Morgan fingerprint density at radius 3 is 2.68 bits per heavy atom. The minimum absolute atomic E-state index is 0. The van der Waals surface area contributed by atoms with Crippen LogP contribution in [0.3, 0.4) is 0 Å². The van der Waals surface area contributed by atoms with Crippen LogP contribution in [0.15, 0.2) is 30.5 Å². The van der Waals surface area contributed by atoms with Crippen molar-refractivity contribution in [3.63, 3.8) is 0 Å². The van der Waals surface area contributed by atoms with Gasteiger partial charge < -0.3 is 10.2 Å². The molecule has 0 saturated carbocycles. The summed E-state index contributed by atoms with van der Waals surface area (Å²) in [5.74, 6) is -0.402. The third-order valence-corrected chi connectivity index (χ3v) is 5.53. The van der Waals surface area contributed by atoms with Crippen molar-refractivity contribution in [1.82, 2.24) is 20.0 Å². The summed E-state index contributed by atoms with van der Waals surface area (Å²) >= 11 is 5.91. The number of pyridine rings is 1. The molecule has 4 rings (SSSR count). The molecule has 1 aliphatic heterocycles. The number of carbonyl (C=O) groups excluding carboxylic acids is 1. The number of hydrogen-bond donors (Lipinski definition) is 1. The maximum absolute atomic E-state index is 13.5. The van der Waals surface area contributed by atoms with E-state index in [0.717, 1.165) is 34.0 Å². The van der Waals surface area contributed by atoms with Crippen LogP contribution in [-0.4, -0.2) is 39.0 Å². The van der Waals surface area contributed by atoms with Crippen molar-refractivity contribution < 1.29 is 9.18 Å². The lowest BCUT2D eigenvalue weighted by Crippen LogP contribution is -2.44. The van der Waals surface area contributed by atoms with E-state index in [1.54, 1.807) is 10.7 Å². The summed E-state index contributed by atoms with van der Waals surface area (Å²) in [6, 6.07) is 6.20. The highest BCUT2D eigenvalue weighted by Gasteiger charge is 2.28. The van der Waals surface area contributed by atoms with Crippen LogP contribution >= 0.6 is 25.1 Å². The first-order valence-corrected chi connectivity index (χ1v) is 10.1. The number of amides is 1. The van der Waals surface area contributed by atoms with E-state index in [1.165, 1.54) is 12.1 Å². The second kappa shape index (κ2) is 9.23. The van der Waals surface area contributed by atoms with Crippen molar-refractivity contribution in [1.29, 1.82) is 0 Å². The van der Waals surface area contributed by atoms with Crippen molar-refractivity contribution in [2.24, 2.45) is 0 Å². The van der Waals surface area contributed by atoms with Gasteiger partial charge in [-0.2, -0.15) is 13.5 Å². The molecule has 1 atom stereocenters. The second-order valence-electron chi connectivity index (χ2n) is 7.55. The highest BCUT2D eigenvalue weighted by atomic mass is 35.5. The van der Waals surface area contributed by atoms with Crippen LogP contribution in [0, 0.1) is 12.7 Å². The van der Waals surface area contributed by atoms with E-state index in [4.69, 9.17) is 11.6 Å². The number of halogens is 2. The standard InChI is InChI=1S/C21H22ClFN6O.H2S/c1-12-20-19(28(3)13(2)21(30)25-20)9-17(24-12)4-5-18-11-29(27-26-18)10-14-6-15(22)8-16(23)7-14;/h6-9,11,13H,4-5,10H2,1-3H3,(H,25,30);1H2/t13-;/m0./s1. The highest BCUT2D eigenvalue weighted by molar-refractivity contribution is 7.59. The average Bonchev–Trinajstić information content (AvgIpc) is 3.12. The summed E-state index contributed by atoms with van der Waals surface area (Å²) in [6.45, 7) is 4.16. The lowest BCUT2D eigenvalue weighted by molar-refractivity contribution is -0.117. The van der Waals surface area contributed by atoms with Crippen LogP contribution in [0.25, 0.3) is 0 Å². The zero-order chi connectivity index (χ0) is 21.4. The van der Waals surface area contributed by atoms with Crippen molar-refractivity contribution in [3.05, 3.63) is 63.9 Å². The Kier molecular flexibility index (Phi) is 6.86. The normalized spacial score (nSPS) is 15.3. The molecule has 1 N–H and O–H groups in total. The summed E-state index contributed by atoms with van der Waals surface area (Å²) in [5.41, 5.74) is 5.00. The first kappa shape index (κ1) is 23.0. The van der Waals surface area contributed by atoms with Crippen LogP contribution in [0.5, 0.6) is 0 Å². The molecular formula is C21H24ClFN6OS. The lowest BCUT2D eigenvalue weighted by Gasteiger charge is -2.34. The van der Waals surface area contributed by atoms with Gasteiger partial charge in [-0.15, -0.1) is 5.10 Å². The van der Waals surface area contributed by atoms with E-state index in [-0.39, 0.29) is 31.3 Å². The van der Waals surface area contributed by atoms with E-state index in [2.05, 4.69) is 20.6 Å². The summed E-state index contributed by atoms with van der Waals surface area (Å²) in [7, 11) is 1.91. The molecule has 2 aromatic heterocycles. The number of nitrogens with one attached hydrogen (secondary N) is 1. The van der Waals surface area contributed by atoms with Crippen molar-refractivity contribution >= 4 is 42.4 Å². The molecule has 10 heteroatoms. The predicted octanol–water partition coefficient (Wildman–Crippen LogP) is 3.50. The summed E-state index contributed by atoms with van der Waals surface area (Å²) < 4.78 is 15.2. The Morgan fingerprint density at radius 1 is 1.19 bits per heavy atom.